The smallest absolute Gasteiger partial charge is 0.410 e. The van der Waals surface area contributed by atoms with Crippen LogP contribution in [0.5, 0.6) is 11.5 Å². The van der Waals surface area contributed by atoms with Crippen LogP contribution in [0, 0.1) is 0 Å². The summed E-state index contributed by atoms with van der Waals surface area (Å²) in [5.41, 5.74) is 5.50. The molecule has 52 heavy (non-hydrogen) atoms. The Morgan fingerprint density at radius 2 is 1.71 bits per heavy atom. The molecule has 1 aromatic heterocycles. The minimum atomic E-state index is -0.682. The van der Waals surface area contributed by atoms with Crippen molar-refractivity contribution in [3.63, 3.8) is 0 Å². The number of hydrogen-bond acceptors (Lipinski definition) is 7. The van der Waals surface area contributed by atoms with Gasteiger partial charge in [0.1, 0.15) is 17.1 Å². The lowest BCUT2D eigenvalue weighted by molar-refractivity contribution is -0.119. The lowest BCUT2D eigenvalue weighted by atomic mass is 9.96. The molecule has 0 saturated carbocycles. The van der Waals surface area contributed by atoms with Crippen LogP contribution < -0.4 is 14.8 Å². The van der Waals surface area contributed by atoms with Gasteiger partial charge in [-0.3, -0.25) is 14.3 Å². The van der Waals surface area contributed by atoms with Crippen molar-refractivity contribution in [2.75, 3.05) is 20.8 Å². The number of ether oxygens (including phenoxy) is 3. The third-order valence-electron chi connectivity index (χ3n) is 8.96. The van der Waals surface area contributed by atoms with Gasteiger partial charge in [0.2, 0.25) is 5.91 Å². The molecule has 1 N–H and O–H groups in total. The average molecular weight is 744 g/mol. The van der Waals surface area contributed by atoms with Crippen LogP contribution in [0.4, 0.5) is 4.79 Å². The maximum atomic E-state index is 13.3. The third-order valence-corrected chi connectivity index (χ3v) is 9.72. The highest BCUT2D eigenvalue weighted by atomic mass is 35.5. The second-order valence-electron chi connectivity index (χ2n) is 13.7. The number of nitrogens with one attached hydrogen (secondary N) is 1. The summed E-state index contributed by atoms with van der Waals surface area (Å²) in [5, 5.41) is 9.53. The Balaban J connectivity index is 1.30. The highest BCUT2D eigenvalue weighted by molar-refractivity contribution is 6.36. The van der Waals surface area contributed by atoms with E-state index in [4.69, 9.17) is 37.4 Å². The SMILES string of the molecule is COc1cc(Cn2ncc3c(-c4cccc(-c5ccc(CN(C[C@@H]6CCC(=O)N6)C(=O)OC(C)(C)C)c(OC)c5)c4Cl)cccc32)c(Cl)cc1C=O. The number of methoxy groups -OCH3 is 2. The van der Waals surface area contributed by atoms with Gasteiger partial charge < -0.3 is 24.4 Å². The molecule has 4 aromatic carbocycles. The van der Waals surface area contributed by atoms with Crippen molar-refractivity contribution in [1.82, 2.24) is 20.0 Å². The predicted molar refractivity (Wildman–Crippen MR) is 202 cm³/mol. The molecule has 1 aliphatic rings. The zero-order chi connectivity index (χ0) is 37.2. The van der Waals surface area contributed by atoms with E-state index < -0.39 is 11.7 Å². The monoisotopic (exact) mass is 742 g/mol. The molecule has 1 atom stereocenters. The van der Waals surface area contributed by atoms with Gasteiger partial charge in [0.05, 0.1) is 49.6 Å². The van der Waals surface area contributed by atoms with Crippen LogP contribution in [0.15, 0.2) is 72.9 Å². The number of fused-ring (bicyclic) bond motifs is 1. The summed E-state index contributed by atoms with van der Waals surface area (Å²) in [7, 11) is 3.10. The maximum Gasteiger partial charge on any atom is 0.410 e. The Labute approximate surface area is 312 Å². The minimum Gasteiger partial charge on any atom is -0.496 e. The number of aldehydes is 1. The molecule has 0 bridgehead atoms. The summed E-state index contributed by atoms with van der Waals surface area (Å²) < 4.78 is 18.8. The summed E-state index contributed by atoms with van der Waals surface area (Å²) in [6.45, 7) is 6.38. The van der Waals surface area contributed by atoms with E-state index in [0.29, 0.717) is 59.3 Å². The maximum absolute atomic E-state index is 13.3. The molecule has 1 saturated heterocycles. The molecule has 0 aliphatic carbocycles. The fourth-order valence-electron chi connectivity index (χ4n) is 6.45. The molecular formula is C40H40Cl2N4O6. The zero-order valence-electron chi connectivity index (χ0n) is 29.7. The molecule has 0 radical (unpaired) electrons. The van der Waals surface area contributed by atoms with E-state index in [-0.39, 0.29) is 18.5 Å². The summed E-state index contributed by atoms with van der Waals surface area (Å²) in [6.07, 6.45) is 3.14. The predicted octanol–water partition coefficient (Wildman–Crippen LogP) is 8.57. The number of amides is 2. The van der Waals surface area contributed by atoms with Gasteiger partial charge in [-0.2, -0.15) is 5.10 Å². The van der Waals surface area contributed by atoms with Crippen LogP contribution in [0.3, 0.4) is 0 Å². The van der Waals surface area contributed by atoms with Crippen molar-refractivity contribution in [1.29, 1.82) is 0 Å². The van der Waals surface area contributed by atoms with E-state index in [1.807, 2.05) is 86.2 Å². The Bertz CT molecular complexity index is 2160. The first-order chi connectivity index (χ1) is 24.9. The molecule has 1 fully saturated rings. The van der Waals surface area contributed by atoms with Gasteiger partial charge in [-0.1, -0.05) is 65.7 Å². The van der Waals surface area contributed by atoms with Gasteiger partial charge in [-0.25, -0.2) is 4.79 Å². The summed E-state index contributed by atoms with van der Waals surface area (Å²) in [4.78, 5) is 38.3. The first-order valence-electron chi connectivity index (χ1n) is 16.9. The van der Waals surface area contributed by atoms with E-state index >= 15 is 0 Å². The number of aromatic nitrogens is 2. The minimum absolute atomic E-state index is 0.0199. The second kappa shape index (κ2) is 15.3. The first-order valence-corrected chi connectivity index (χ1v) is 17.6. The van der Waals surface area contributed by atoms with Crippen LogP contribution in [-0.4, -0.2) is 65.4 Å². The molecule has 1 aliphatic heterocycles. The molecule has 2 amide bonds. The van der Waals surface area contributed by atoms with E-state index in [1.54, 1.807) is 24.1 Å². The van der Waals surface area contributed by atoms with Gasteiger partial charge in [-0.05, 0) is 68.1 Å². The van der Waals surface area contributed by atoms with Crippen LogP contribution in [-0.2, 0) is 22.6 Å². The van der Waals surface area contributed by atoms with Gasteiger partial charge in [0.15, 0.2) is 6.29 Å². The lowest BCUT2D eigenvalue weighted by Crippen LogP contribution is -2.43. The highest BCUT2D eigenvalue weighted by Gasteiger charge is 2.29. The van der Waals surface area contributed by atoms with Gasteiger partial charge in [0.25, 0.3) is 0 Å². The van der Waals surface area contributed by atoms with E-state index in [2.05, 4.69) is 10.4 Å². The standard InChI is InChI=1S/C40H40Cl2N4O6/c1-40(2,3)52-39(49)45(22-28-14-15-37(48)44-28)20-25-13-12-24(17-35(25)50-4)29-8-6-10-31(38(29)42)30-9-7-11-34-32(30)19-43-46(34)21-26-18-36(51-5)27(23-47)16-33(26)41/h6-13,16-19,23,28H,14-15,20-22H2,1-5H3,(H,44,48)/t28-/m0/s1. The van der Waals surface area contributed by atoms with E-state index in [9.17, 15) is 14.4 Å². The molecule has 0 unspecified atom stereocenters. The summed E-state index contributed by atoms with van der Waals surface area (Å²) in [6, 6.07) is 20.8. The summed E-state index contributed by atoms with van der Waals surface area (Å²) >= 11 is 13.7. The Kier molecular flexibility index (Phi) is 10.8. The molecule has 0 spiro atoms. The van der Waals surface area contributed by atoms with E-state index in [1.165, 1.54) is 7.11 Å². The van der Waals surface area contributed by atoms with Crippen molar-refractivity contribution < 1.29 is 28.6 Å². The lowest BCUT2D eigenvalue weighted by Gasteiger charge is -2.29. The number of nitrogens with zero attached hydrogens (tertiary/aromatic N) is 3. The molecule has 5 aromatic rings. The third kappa shape index (κ3) is 7.88. The highest BCUT2D eigenvalue weighted by Crippen LogP contribution is 2.41. The van der Waals surface area contributed by atoms with Crippen LogP contribution in [0.1, 0.15) is 55.1 Å². The van der Waals surface area contributed by atoms with Crippen LogP contribution >= 0.6 is 23.2 Å². The van der Waals surface area contributed by atoms with Crippen molar-refractivity contribution >= 4 is 52.4 Å². The molecule has 2 heterocycles. The molecule has 12 heteroatoms. The molecule has 270 valence electrons. The topological polar surface area (TPSA) is 112 Å². The van der Waals surface area contributed by atoms with Crippen molar-refractivity contribution in [2.45, 2.75) is 58.3 Å². The fraction of sp³-hybridized carbons (Fsp3) is 0.300. The number of rotatable bonds is 11. The summed E-state index contributed by atoms with van der Waals surface area (Å²) in [5.74, 6) is 1.01. The first kappa shape index (κ1) is 36.7. The van der Waals surface area contributed by atoms with Crippen LogP contribution in [0.25, 0.3) is 33.2 Å². The van der Waals surface area contributed by atoms with Gasteiger partial charge in [-0.15, -0.1) is 0 Å². The van der Waals surface area contributed by atoms with Crippen LogP contribution in [0.2, 0.25) is 10.0 Å². The molecule has 6 rings (SSSR count). The number of halogens is 2. The molecular weight excluding hydrogens is 703 g/mol. The average Bonchev–Trinajstić information content (AvgIpc) is 3.73. The number of hydrogen-bond donors (Lipinski definition) is 1. The Morgan fingerprint density at radius 3 is 2.40 bits per heavy atom. The second-order valence-corrected chi connectivity index (χ2v) is 14.5. The van der Waals surface area contributed by atoms with Gasteiger partial charge >= 0.3 is 6.09 Å². The van der Waals surface area contributed by atoms with E-state index in [0.717, 1.165) is 44.3 Å². The number of benzene rings is 4. The van der Waals surface area contributed by atoms with Gasteiger partial charge in [0, 0.05) is 46.1 Å². The largest absolute Gasteiger partial charge is 0.496 e. The Morgan fingerprint density at radius 1 is 0.981 bits per heavy atom. The zero-order valence-corrected chi connectivity index (χ0v) is 31.2. The fourth-order valence-corrected chi connectivity index (χ4v) is 7.02. The van der Waals surface area contributed by atoms with Crippen molar-refractivity contribution in [2.24, 2.45) is 0 Å². The molecule has 10 nitrogen and oxygen atoms in total. The Hall–Kier alpha value is -5.06. The number of carbonyl (C=O) groups excluding carboxylic acids is 3. The number of carbonyl (C=O) groups is 3. The van der Waals surface area contributed by atoms with Crippen molar-refractivity contribution in [3.8, 4) is 33.8 Å². The quantitative estimate of drug-likeness (QED) is 0.135. The van der Waals surface area contributed by atoms with Crippen molar-refractivity contribution in [3.05, 3.63) is 99.7 Å². The normalized spacial score (nSPS) is 14.3.